The van der Waals surface area contributed by atoms with Crippen LogP contribution in [0.25, 0.3) is 0 Å². The zero-order valence-electron chi connectivity index (χ0n) is 8.92. The molecule has 4 nitrogen and oxygen atoms in total. The van der Waals surface area contributed by atoms with Crippen LogP contribution in [0, 0.1) is 0 Å². The van der Waals surface area contributed by atoms with Crippen molar-refractivity contribution in [2.75, 3.05) is 13.2 Å². The molecule has 0 atom stereocenters. The molecular weight excluding hydrogens is 182 g/mol. The molecule has 0 saturated carbocycles. The Morgan fingerprint density at radius 1 is 1.64 bits per heavy atom. The third-order valence-electron chi connectivity index (χ3n) is 1.58. The van der Waals surface area contributed by atoms with Crippen LogP contribution in [0.5, 0.6) is 0 Å². The zero-order valence-corrected chi connectivity index (χ0v) is 8.92. The molecular formula is C10H17NO3. The first-order chi connectivity index (χ1) is 6.47. The fourth-order valence-corrected chi connectivity index (χ4v) is 1.07. The minimum absolute atomic E-state index is 0.408. The first-order valence-electron chi connectivity index (χ1n) is 4.76. The van der Waals surface area contributed by atoms with Crippen molar-refractivity contribution in [1.82, 2.24) is 5.32 Å². The van der Waals surface area contributed by atoms with Crippen molar-refractivity contribution in [3.63, 3.8) is 0 Å². The number of carbonyl (C=O) groups excluding carboxylic acids is 1. The van der Waals surface area contributed by atoms with Gasteiger partial charge in [0.1, 0.15) is 11.4 Å². The van der Waals surface area contributed by atoms with E-state index in [2.05, 4.69) is 5.32 Å². The molecule has 80 valence electrons. The van der Waals surface area contributed by atoms with Crippen molar-refractivity contribution in [2.24, 2.45) is 0 Å². The minimum Gasteiger partial charge on any atom is -0.496 e. The van der Waals surface area contributed by atoms with E-state index in [9.17, 15) is 4.79 Å². The highest BCUT2D eigenvalue weighted by Crippen LogP contribution is 2.09. The molecule has 1 heterocycles. The van der Waals surface area contributed by atoms with Gasteiger partial charge >= 0.3 is 6.09 Å². The summed E-state index contributed by atoms with van der Waals surface area (Å²) in [6.07, 6.45) is 2.48. The number of alkyl carbamates (subject to hydrolysis) is 1. The van der Waals surface area contributed by atoms with E-state index in [0.29, 0.717) is 13.2 Å². The Morgan fingerprint density at radius 2 is 2.36 bits per heavy atom. The molecule has 0 fully saturated rings. The maximum absolute atomic E-state index is 11.2. The van der Waals surface area contributed by atoms with E-state index in [1.807, 2.05) is 26.8 Å². The lowest BCUT2D eigenvalue weighted by Gasteiger charge is -2.19. The molecule has 1 aliphatic heterocycles. The van der Waals surface area contributed by atoms with Gasteiger partial charge in [0.05, 0.1) is 13.2 Å². The lowest BCUT2D eigenvalue weighted by atomic mass is 10.2. The molecule has 0 saturated heterocycles. The second-order valence-corrected chi connectivity index (χ2v) is 4.16. The van der Waals surface area contributed by atoms with E-state index in [1.54, 1.807) is 0 Å². The maximum atomic E-state index is 11.2. The normalized spacial score (nSPS) is 15.8. The predicted molar refractivity (Wildman–Crippen MR) is 52.9 cm³/mol. The van der Waals surface area contributed by atoms with Crippen molar-refractivity contribution in [2.45, 2.75) is 32.8 Å². The quantitative estimate of drug-likeness (QED) is 0.737. The Hall–Kier alpha value is -1.19. The van der Waals surface area contributed by atoms with Gasteiger partial charge in [0.15, 0.2) is 0 Å². The molecule has 0 bridgehead atoms. The molecule has 0 aromatic carbocycles. The van der Waals surface area contributed by atoms with Crippen LogP contribution in [0.15, 0.2) is 11.8 Å². The standard InChI is InChI=1S/C10H17NO3/c1-10(2,3)14-9(12)11-7-8-5-4-6-13-8/h5H,4,6-7H2,1-3H3,(H,11,12). The fraction of sp³-hybridized carbons (Fsp3) is 0.700. The number of rotatable bonds is 2. The molecule has 0 radical (unpaired) electrons. The van der Waals surface area contributed by atoms with E-state index in [1.165, 1.54) is 0 Å². The van der Waals surface area contributed by atoms with E-state index in [-0.39, 0.29) is 0 Å². The van der Waals surface area contributed by atoms with Crippen molar-refractivity contribution in [1.29, 1.82) is 0 Å². The Bertz CT molecular complexity index is 240. The summed E-state index contributed by atoms with van der Waals surface area (Å²) in [6, 6.07) is 0. The average Bonchev–Trinajstić information content (AvgIpc) is 2.49. The van der Waals surface area contributed by atoms with Crippen LogP contribution in [-0.4, -0.2) is 24.8 Å². The van der Waals surface area contributed by atoms with E-state index >= 15 is 0 Å². The van der Waals surface area contributed by atoms with Gasteiger partial charge < -0.3 is 14.8 Å². The molecule has 1 rings (SSSR count). The molecule has 4 heteroatoms. The Morgan fingerprint density at radius 3 is 2.86 bits per heavy atom. The summed E-state index contributed by atoms with van der Waals surface area (Å²) in [5.74, 6) is 0.816. The zero-order chi connectivity index (χ0) is 10.6. The number of hydrogen-bond donors (Lipinski definition) is 1. The topological polar surface area (TPSA) is 47.6 Å². The van der Waals surface area contributed by atoms with Crippen molar-refractivity contribution in [3.8, 4) is 0 Å². The number of nitrogens with one attached hydrogen (secondary N) is 1. The SMILES string of the molecule is CC(C)(C)OC(=O)NCC1=CCCO1. The van der Waals surface area contributed by atoms with Crippen LogP contribution < -0.4 is 5.32 Å². The van der Waals surface area contributed by atoms with Crippen LogP contribution in [0.1, 0.15) is 27.2 Å². The van der Waals surface area contributed by atoms with Crippen molar-refractivity contribution < 1.29 is 14.3 Å². The second-order valence-electron chi connectivity index (χ2n) is 4.16. The Kier molecular flexibility index (Phi) is 3.38. The van der Waals surface area contributed by atoms with Gasteiger partial charge in [-0.3, -0.25) is 0 Å². The Labute approximate surface area is 84.3 Å². The highest BCUT2D eigenvalue weighted by molar-refractivity contribution is 5.67. The van der Waals surface area contributed by atoms with Crippen molar-refractivity contribution >= 4 is 6.09 Å². The highest BCUT2D eigenvalue weighted by atomic mass is 16.6. The average molecular weight is 199 g/mol. The lowest BCUT2D eigenvalue weighted by molar-refractivity contribution is 0.0524. The van der Waals surface area contributed by atoms with Crippen LogP contribution in [-0.2, 0) is 9.47 Å². The molecule has 0 unspecified atom stereocenters. The van der Waals surface area contributed by atoms with Gasteiger partial charge in [-0.05, 0) is 26.8 Å². The van der Waals surface area contributed by atoms with Gasteiger partial charge in [-0.15, -0.1) is 0 Å². The van der Waals surface area contributed by atoms with E-state index in [4.69, 9.17) is 9.47 Å². The van der Waals surface area contributed by atoms with Crippen molar-refractivity contribution in [3.05, 3.63) is 11.8 Å². The Balaban J connectivity index is 2.21. The fourth-order valence-electron chi connectivity index (χ4n) is 1.07. The van der Waals surface area contributed by atoms with E-state index < -0.39 is 11.7 Å². The number of hydrogen-bond acceptors (Lipinski definition) is 3. The molecule has 0 aromatic heterocycles. The molecule has 1 N–H and O–H groups in total. The number of ether oxygens (including phenoxy) is 2. The summed E-state index contributed by atoms with van der Waals surface area (Å²) >= 11 is 0. The van der Waals surface area contributed by atoms with Gasteiger partial charge in [-0.1, -0.05) is 0 Å². The predicted octanol–water partition coefficient (Wildman–Crippen LogP) is 1.82. The molecule has 1 aliphatic rings. The molecule has 1 amide bonds. The summed E-state index contributed by atoms with van der Waals surface area (Å²) in [5.41, 5.74) is -0.449. The van der Waals surface area contributed by atoms with Crippen LogP contribution in [0.4, 0.5) is 4.79 Å². The molecule has 0 spiro atoms. The largest absolute Gasteiger partial charge is 0.496 e. The summed E-state index contributed by atoms with van der Waals surface area (Å²) in [4.78, 5) is 11.2. The summed E-state index contributed by atoms with van der Waals surface area (Å²) in [7, 11) is 0. The lowest BCUT2D eigenvalue weighted by Crippen LogP contribution is -2.33. The minimum atomic E-state index is -0.449. The van der Waals surface area contributed by atoms with E-state index in [0.717, 1.165) is 12.2 Å². The van der Waals surface area contributed by atoms with Crippen LogP contribution in [0.3, 0.4) is 0 Å². The summed E-state index contributed by atoms with van der Waals surface area (Å²) in [6.45, 7) is 6.62. The number of amides is 1. The summed E-state index contributed by atoms with van der Waals surface area (Å²) < 4.78 is 10.3. The first-order valence-corrected chi connectivity index (χ1v) is 4.76. The van der Waals surface area contributed by atoms with Gasteiger partial charge in [0.2, 0.25) is 0 Å². The summed E-state index contributed by atoms with van der Waals surface area (Å²) in [5, 5.41) is 2.63. The van der Waals surface area contributed by atoms with Gasteiger partial charge in [0.25, 0.3) is 0 Å². The van der Waals surface area contributed by atoms with Gasteiger partial charge in [0, 0.05) is 6.42 Å². The molecule has 0 aliphatic carbocycles. The van der Waals surface area contributed by atoms with Crippen LogP contribution in [0.2, 0.25) is 0 Å². The smallest absolute Gasteiger partial charge is 0.408 e. The molecule has 0 aromatic rings. The first kappa shape index (κ1) is 10.9. The monoisotopic (exact) mass is 199 g/mol. The maximum Gasteiger partial charge on any atom is 0.408 e. The van der Waals surface area contributed by atoms with Crippen LogP contribution >= 0.6 is 0 Å². The second kappa shape index (κ2) is 4.35. The van der Waals surface area contributed by atoms with Gasteiger partial charge in [-0.25, -0.2) is 4.79 Å². The van der Waals surface area contributed by atoms with Gasteiger partial charge in [-0.2, -0.15) is 0 Å². The third-order valence-corrected chi connectivity index (χ3v) is 1.58. The molecule has 14 heavy (non-hydrogen) atoms. The number of carbonyl (C=O) groups is 1. The highest BCUT2D eigenvalue weighted by Gasteiger charge is 2.16. The third kappa shape index (κ3) is 4.16.